The Morgan fingerprint density at radius 3 is 2.89 bits per heavy atom. The highest BCUT2D eigenvalue weighted by atomic mass is 35.5. The van der Waals surface area contributed by atoms with Gasteiger partial charge in [-0.05, 0) is 31.4 Å². The zero-order chi connectivity index (χ0) is 11.5. The molecule has 1 aliphatic heterocycles. The summed E-state index contributed by atoms with van der Waals surface area (Å²) in [6.45, 7) is 1.07. The first-order valence-corrected chi connectivity index (χ1v) is 6.64. The van der Waals surface area contributed by atoms with Gasteiger partial charge in [-0.2, -0.15) is 0 Å². The molecular formula is C12H16Cl2N4S. The Hall–Kier alpha value is -1.04. The quantitative estimate of drug-likeness (QED) is 0.889. The summed E-state index contributed by atoms with van der Waals surface area (Å²) in [7, 11) is 0. The van der Waals surface area contributed by atoms with E-state index in [-0.39, 0.29) is 24.8 Å². The second kappa shape index (κ2) is 7.53. The van der Waals surface area contributed by atoms with Gasteiger partial charge in [-0.15, -0.1) is 24.8 Å². The second-order valence-electron chi connectivity index (χ2n) is 4.04. The lowest BCUT2D eigenvalue weighted by atomic mass is 10.2. The van der Waals surface area contributed by atoms with Gasteiger partial charge in [-0.3, -0.25) is 0 Å². The van der Waals surface area contributed by atoms with Gasteiger partial charge in [0, 0.05) is 12.7 Å². The summed E-state index contributed by atoms with van der Waals surface area (Å²) in [5.74, 6) is 0. The number of rotatable bonds is 2. The van der Waals surface area contributed by atoms with E-state index in [9.17, 15) is 0 Å². The monoisotopic (exact) mass is 318 g/mol. The van der Waals surface area contributed by atoms with E-state index in [1.54, 1.807) is 17.7 Å². The zero-order valence-corrected chi connectivity index (χ0v) is 12.7. The van der Waals surface area contributed by atoms with Crippen LogP contribution < -0.4 is 5.32 Å². The van der Waals surface area contributed by atoms with E-state index in [1.165, 1.54) is 23.5 Å². The highest BCUT2D eigenvalue weighted by Gasteiger charge is 2.11. The first-order chi connectivity index (χ1) is 8.42. The van der Waals surface area contributed by atoms with Gasteiger partial charge in [0.05, 0.1) is 17.7 Å². The molecule has 2 aromatic rings. The van der Waals surface area contributed by atoms with Crippen LogP contribution in [0.5, 0.6) is 0 Å². The first kappa shape index (κ1) is 16.0. The van der Waals surface area contributed by atoms with Crippen LogP contribution in [0, 0.1) is 0 Å². The van der Waals surface area contributed by atoms with Crippen molar-refractivity contribution in [2.24, 2.45) is 0 Å². The van der Waals surface area contributed by atoms with Crippen molar-refractivity contribution in [2.75, 3.05) is 11.9 Å². The van der Waals surface area contributed by atoms with Gasteiger partial charge >= 0.3 is 0 Å². The smallest absolute Gasteiger partial charge is 0.118 e. The Kier molecular flexibility index (Phi) is 6.34. The van der Waals surface area contributed by atoms with E-state index in [4.69, 9.17) is 0 Å². The fourth-order valence-corrected chi connectivity index (χ4v) is 2.83. The maximum absolute atomic E-state index is 4.64. The minimum atomic E-state index is 0. The van der Waals surface area contributed by atoms with Gasteiger partial charge in [-0.25, -0.2) is 9.97 Å². The molecule has 0 aliphatic carbocycles. The van der Waals surface area contributed by atoms with E-state index in [2.05, 4.69) is 20.3 Å². The van der Waals surface area contributed by atoms with E-state index in [0.717, 1.165) is 23.7 Å². The highest BCUT2D eigenvalue weighted by Crippen LogP contribution is 2.29. The number of aromatic nitrogens is 3. The average molecular weight is 319 g/mol. The van der Waals surface area contributed by atoms with Crippen molar-refractivity contribution in [1.82, 2.24) is 15.0 Å². The van der Waals surface area contributed by atoms with Crippen LogP contribution in [0.2, 0.25) is 0 Å². The number of anilines is 1. The number of thiazole rings is 1. The van der Waals surface area contributed by atoms with Gasteiger partial charge in [0.15, 0.2) is 0 Å². The Morgan fingerprint density at radius 2 is 2.11 bits per heavy atom. The molecule has 0 aromatic carbocycles. The van der Waals surface area contributed by atoms with Crippen LogP contribution >= 0.6 is 36.2 Å². The van der Waals surface area contributed by atoms with Crippen molar-refractivity contribution in [2.45, 2.75) is 19.3 Å². The number of halogens is 2. The van der Waals surface area contributed by atoms with E-state index in [0.29, 0.717) is 0 Å². The molecule has 1 aliphatic rings. The van der Waals surface area contributed by atoms with Crippen LogP contribution in [-0.4, -0.2) is 21.5 Å². The fourth-order valence-electron chi connectivity index (χ4n) is 1.89. The topological polar surface area (TPSA) is 53.6 Å². The van der Waals surface area contributed by atoms with Crippen molar-refractivity contribution in [3.8, 4) is 0 Å². The van der Waals surface area contributed by atoms with Crippen LogP contribution in [0.1, 0.15) is 29.2 Å². The molecule has 19 heavy (non-hydrogen) atoms. The Balaban J connectivity index is 0.000000902. The first-order valence-electron chi connectivity index (χ1n) is 5.82. The number of imidazole rings is 1. The van der Waals surface area contributed by atoms with E-state index < -0.39 is 0 Å². The van der Waals surface area contributed by atoms with Crippen molar-refractivity contribution in [3.05, 3.63) is 28.9 Å². The third kappa shape index (κ3) is 3.96. The molecule has 0 unspecified atom stereocenters. The number of fused-ring (bicyclic) bond motifs is 1. The molecule has 2 N–H and O–H groups in total. The van der Waals surface area contributed by atoms with Crippen LogP contribution in [0.4, 0.5) is 5.00 Å². The molecule has 104 valence electrons. The number of H-pyrrole nitrogens is 1. The molecule has 0 saturated carbocycles. The molecule has 3 rings (SSSR count). The lowest BCUT2D eigenvalue weighted by Crippen LogP contribution is -1.96. The van der Waals surface area contributed by atoms with Gasteiger partial charge in [0.25, 0.3) is 0 Å². The molecule has 0 bridgehead atoms. The molecule has 0 saturated heterocycles. The summed E-state index contributed by atoms with van der Waals surface area (Å²) < 4.78 is 0. The lowest BCUT2D eigenvalue weighted by Gasteiger charge is -1.96. The van der Waals surface area contributed by atoms with Crippen molar-refractivity contribution < 1.29 is 0 Å². The van der Waals surface area contributed by atoms with Crippen molar-refractivity contribution in [1.29, 1.82) is 0 Å². The average Bonchev–Trinajstić information content (AvgIpc) is 2.93. The summed E-state index contributed by atoms with van der Waals surface area (Å²) >= 11 is 1.72. The molecule has 7 heteroatoms. The number of nitrogens with one attached hydrogen (secondary N) is 2. The fraction of sp³-hybridized carbons (Fsp3) is 0.333. The molecule has 0 fully saturated rings. The minimum Gasteiger partial charge on any atom is -0.375 e. The number of hydrogen-bond donors (Lipinski definition) is 2. The maximum Gasteiger partial charge on any atom is 0.118 e. The predicted octanol–water partition coefficient (Wildman–Crippen LogP) is 3.63. The summed E-state index contributed by atoms with van der Waals surface area (Å²) in [5, 5.41) is 5.73. The molecule has 0 atom stereocenters. The standard InChI is InChI=1S/C12H14N4S.2ClH/c1-2-6-14-12-10(3-1)16-11(17-12)5-4-9-7-13-8-15-9;;/h4-5,7-8,14H,1-3,6H2,(H,13,15);2*1H/b5-4+;;. The molecule has 2 aromatic heterocycles. The number of aryl methyl sites for hydroxylation is 1. The van der Waals surface area contributed by atoms with Crippen molar-refractivity contribution in [3.63, 3.8) is 0 Å². The normalized spacial score (nSPS) is 13.9. The van der Waals surface area contributed by atoms with Crippen LogP contribution in [-0.2, 0) is 6.42 Å². The Bertz CT molecular complexity index is 498. The molecule has 0 spiro atoms. The van der Waals surface area contributed by atoms with Gasteiger partial charge in [0.1, 0.15) is 10.0 Å². The highest BCUT2D eigenvalue weighted by molar-refractivity contribution is 7.16. The van der Waals surface area contributed by atoms with E-state index >= 15 is 0 Å². The summed E-state index contributed by atoms with van der Waals surface area (Å²) in [4.78, 5) is 11.7. The van der Waals surface area contributed by atoms with Crippen LogP contribution in [0.15, 0.2) is 12.5 Å². The largest absolute Gasteiger partial charge is 0.375 e. The summed E-state index contributed by atoms with van der Waals surface area (Å²) in [6, 6.07) is 0. The molecule has 0 amide bonds. The second-order valence-corrected chi connectivity index (χ2v) is 5.07. The molecule has 3 heterocycles. The number of nitrogens with zero attached hydrogens (tertiary/aromatic N) is 2. The third-order valence-electron chi connectivity index (χ3n) is 2.76. The van der Waals surface area contributed by atoms with Gasteiger partial charge in [-0.1, -0.05) is 11.3 Å². The SMILES string of the molecule is C(=C\c1nc2c(s1)NCCCC2)/c1c[nH]cn1.Cl.Cl. The molecule has 4 nitrogen and oxygen atoms in total. The minimum absolute atomic E-state index is 0. The zero-order valence-electron chi connectivity index (χ0n) is 10.3. The molecular weight excluding hydrogens is 303 g/mol. The van der Waals surface area contributed by atoms with Gasteiger partial charge < -0.3 is 10.3 Å². The maximum atomic E-state index is 4.64. The Labute approximate surface area is 128 Å². The van der Waals surface area contributed by atoms with Crippen LogP contribution in [0.25, 0.3) is 12.2 Å². The third-order valence-corrected chi connectivity index (χ3v) is 3.78. The van der Waals surface area contributed by atoms with Gasteiger partial charge in [0.2, 0.25) is 0 Å². The number of hydrogen-bond acceptors (Lipinski definition) is 4. The Morgan fingerprint density at radius 1 is 1.21 bits per heavy atom. The van der Waals surface area contributed by atoms with Crippen LogP contribution in [0.3, 0.4) is 0 Å². The van der Waals surface area contributed by atoms with E-state index in [1.807, 2.05) is 18.3 Å². The lowest BCUT2D eigenvalue weighted by molar-refractivity contribution is 0.774. The van der Waals surface area contributed by atoms with Crippen molar-refractivity contribution >= 4 is 53.3 Å². The predicted molar refractivity (Wildman–Crippen MR) is 85.6 cm³/mol. The molecule has 0 radical (unpaired) electrons. The number of aromatic amines is 1. The summed E-state index contributed by atoms with van der Waals surface area (Å²) in [6.07, 6.45) is 11.1. The summed E-state index contributed by atoms with van der Waals surface area (Å²) in [5.41, 5.74) is 2.15.